The third-order valence-corrected chi connectivity index (χ3v) is 10.0. The molecule has 2 aliphatic rings. The average molecular weight is 640 g/mol. The van der Waals surface area contributed by atoms with Gasteiger partial charge in [-0.05, 0) is 51.6 Å². The Labute approximate surface area is 290 Å². The molecule has 7 aromatic carbocycles. The Kier molecular flexibility index (Phi) is 6.36. The monoisotopic (exact) mass is 639 g/mol. The Balaban J connectivity index is 1.29. The molecule has 0 amide bonds. The van der Waals surface area contributed by atoms with Crippen LogP contribution in [0, 0.1) is 0 Å². The Morgan fingerprint density at radius 3 is 1.40 bits per heavy atom. The highest BCUT2D eigenvalue weighted by atomic mass is 16.5. The van der Waals surface area contributed by atoms with E-state index in [0.29, 0.717) is 17.5 Å². The predicted octanol–water partition coefficient (Wildman–Crippen LogP) is 11.0. The number of ether oxygens (including phenoxy) is 1. The molecule has 234 valence electrons. The van der Waals surface area contributed by atoms with Crippen LogP contribution in [0.1, 0.15) is 22.3 Å². The smallest absolute Gasteiger partial charge is 0.164 e. The summed E-state index contributed by atoms with van der Waals surface area (Å²) < 4.78 is 6.62. The minimum Gasteiger partial charge on any atom is -0.457 e. The van der Waals surface area contributed by atoms with Crippen LogP contribution in [0.5, 0.6) is 11.5 Å². The van der Waals surface area contributed by atoms with E-state index in [9.17, 15) is 0 Å². The number of fused-ring (bicyclic) bond motifs is 9. The summed E-state index contributed by atoms with van der Waals surface area (Å²) >= 11 is 0. The molecule has 0 unspecified atom stereocenters. The number of benzene rings is 7. The minimum atomic E-state index is -0.631. The summed E-state index contributed by atoms with van der Waals surface area (Å²) in [4.78, 5) is 15.2. The first-order chi connectivity index (χ1) is 24.8. The Bertz CT molecular complexity index is 2460. The standard InChI is InChI=1S/C46H29N3O/c1-4-15-30(16-5-1)34-21-14-24-38-42(34)35-28-27-33(29-39(35)46(38)36-22-10-12-25-40(36)50-41-26-13-11-23-37(41)46)45-48-43(31-17-6-2-7-18-31)47-44(49-45)32-19-8-3-9-20-32/h1-29H. The maximum Gasteiger partial charge on any atom is 0.164 e. The molecule has 1 spiro atoms. The molecule has 0 fully saturated rings. The first-order valence-electron chi connectivity index (χ1n) is 16.9. The van der Waals surface area contributed by atoms with Crippen LogP contribution in [0.2, 0.25) is 0 Å². The van der Waals surface area contributed by atoms with Crippen LogP contribution in [0.3, 0.4) is 0 Å². The van der Waals surface area contributed by atoms with Crippen LogP contribution in [0.15, 0.2) is 176 Å². The number of aromatic nitrogens is 3. The molecule has 1 aliphatic carbocycles. The van der Waals surface area contributed by atoms with Crippen molar-refractivity contribution in [3.8, 4) is 67.9 Å². The second-order valence-electron chi connectivity index (χ2n) is 12.7. The van der Waals surface area contributed by atoms with Crippen molar-refractivity contribution in [2.24, 2.45) is 0 Å². The van der Waals surface area contributed by atoms with Gasteiger partial charge in [0, 0.05) is 27.8 Å². The van der Waals surface area contributed by atoms with E-state index in [1.807, 2.05) is 60.7 Å². The van der Waals surface area contributed by atoms with Gasteiger partial charge in [-0.1, -0.05) is 158 Å². The number of hydrogen-bond acceptors (Lipinski definition) is 4. The molecule has 0 bridgehead atoms. The van der Waals surface area contributed by atoms with Gasteiger partial charge in [-0.15, -0.1) is 0 Å². The number of hydrogen-bond donors (Lipinski definition) is 0. The van der Waals surface area contributed by atoms with Crippen molar-refractivity contribution in [3.05, 3.63) is 198 Å². The van der Waals surface area contributed by atoms with Gasteiger partial charge >= 0.3 is 0 Å². The largest absolute Gasteiger partial charge is 0.457 e. The van der Waals surface area contributed by atoms with E-state index in [0.717, 1.165) is 39.3 Å². The lowest BCUT2D eigenvalue weighted by Crippen LogP contribution is -2.32. The highest BCUT2D eigenvalue weighted by Crippen LogP contribution is 2.63. The van der Waals surface area contributed by atoms with Crippen LogP contribution in [0.4, 0.5) is 0 Å². The molecule has 10 rings (SSSR count). The average Bonchev–Trinajstić information content (AvgIpc) is 3.49. The maximum atomic E-state index is 6.62. The Morgan fingerprint density at radius 2 is 0.820 bits per heavy atom. The quantitative estimate of drug-likeness (QED) is 0.192. The molecule has 0 radical (unpaired) electrons. The molecule has 4 heteroatoms. The van der Waals surface area contributed by atoms with E-state index in [-0.39, 0.29) is 0 Å². The first kappa shape index (κ1) is 28.4. The minimum absolute atomic E-state index is 0.628. The zero-order chi connectivity index (χ0) is 33.1. The van der Waals surface area contributed by atoms with Gasteiger partial charge < -0.3 is 4.74 Å². The van der Waals surface area contributed by atoms with E-state index in [2.05, 4.69) is 115 Å². The number of rotatable bonds is 4. The molecule has 0 saturated heterocycles. The summed E-state index contributed by atoms with van der Waals surface area (Å²) in [5, 5.41) is 0. The van der Waals surface area contributed by atoms with Crippen molar-refractivity contribution >= 4 is 0 Å². The fourth-order valence-corrected chi connectivity index (χ4v) is 7.88. The molecule has 2 heterocycles. The molecule has 4 nitrogen and oxygen atoms in total. The molecule has 0 saturated carbocycles. The van der Waals surface area contributed by atoms with Gasteiger partial charge in [0.15, 0.2) is 17.5 Å². The number of para-hydroxylation sites is 2. The fraction of sp³-hybridized carbons (Fsp3) is 0.0217. The van der Waals surface area contributed by atoms with Crippen molar-refractivity contribution in [2.75, 3.05) is 0 Å². The molecule has 8 aromatic rings. The summed E-state index contributed by atoms with van der Waals surface area (Å²) in [5.41, 5.74) is 11.6. The van der Waals surface area contributed by atoms with Gasteiger partial charge in [0.25, 0.3) is 0 Å². The van der Waals surface area contributed by atoms with Crippen LogP contribution in [0.25, 0.3) is 56.4 Å². The second kappa shape index (κ2) is 11.2. The highest BCUT2D eigenvalue weighted by Gasteiger charge is 2.51. The zero-order valence-electron chi connectivity index (χ0n) is 27.0. The van der Waals surface area contributed by atoms with Crippen molar-refractivity contribution in [3.63, 3.8) is 0 Å². The molecule has 0 atom stereocenters. The second-order valence-corrected chi connectivity index (χ2v) is 12.7. The highest BCUT2D eigenvalue weighted by molar-refractivity contribution is 5.97. The normalized spacial score (nSPS) is 13.1. The van der Waals surface area contributed by atoms with E-state index in [4.69, 9.17) is 19.7 Å². The summed E-state index contributed by atoms with van der Waals surface area (Å²) in [6, 6.07) is 61.3. The lowest BCUT2D eigenvalue weighted by molar-refractivity contribution is 0.436. The molecular weight excluding hydrogens is 611 g/mol. The maximum absolute atomic E-state index is 6.62. The van der Waals surface area contributed by atoms with Gasteiger partial charge in [0.2, 0.25) is 0 Å². The van der Waals surface area contributed by atoms with Crippen molar-refractivity contribution in [1.29, 1.82) is 0 Å². The Hall–Kier alpha value is -6.65. The van der Waals surface area contributed by atoms with E-state index in [1.165, 1.54) is 33.4 Å². The van der Waals surface area contributed by atoms with Gasteiger partial charge in [-0.2, -0.15) is 0 Å². The third-order valence-electron chi connectivity index (χ3n) is 10.0. The fourth-order valence-electron chi connectivity index (χ4n) is 7.88. The van der Waals surface area contributed by atoms with Crippen molar-refractivity contribution in [1.82, 2.24) is 15.0 Å². The van der Waals surface area contributed by atoms with Crippen LogP contribution in [-0.4, -0.2) is 15.0 Å². The third kappa shape index (κ3) is 4.22. The van der Waals surface area contributed by atoms with Crippen LogP contribution in [-0.2, 0) is 5.41 Å². The van der Waals surface area contributed by atoms with Crippen LogP contribution >= 0.6 is 0 Å². The van der Waals surface area contributed by atoms with Crippen molar-refractivity contribution < 1.29 is 4.74 Å². The van der Waals surface area contributed by atoms with Gasteiger partial charge in [0.05, 0.1) is 5.41 Å². The van der Waals surface area contributed by atoms with Gasteiger partial charge in [-0.3, -0.25) is 0 Å². The molecular formula is C46H29N3O. The summed E-state index contributed by atoms with van der Waals surface area (Å²) in [7, 11) is 0. The zero-order valence-corrected chi connectivity index (χ0v) is 27.0. The van der Waals surface area contributed by atoms with Crippen molar-refractivity contribution in [2.45, 2.75) is 5.41 Å². The SMILES string of the molecule is c1ccc(-c2nc(-c3ccccc3)nc(-c3ccc4c(c3)C3(c5ccccc5Oc5ccccc53)c3cccc(-c5ccccc5)c3-4)n2)cc1. The molecule has 1 aliphatic heterocycles. The summed E-state index contributed by atoms with van der Waals surface area (Å²) in [6.45, 7) is 0. The summed E-state index contributed by atoms with van der Waals surface area (Å²) in [5.74, 6) is 3.63. The molecule has 50 heavy (non-hydrogen) atoms. The van der Waals surface area contributed by atoms with E-state index in [1.54, 1.807) is 0 Å². The topological polar surface area (TPSA) is 47.9 Å². The summed E-state index contributed by atoms with van der Waals surface area (Å²) in [6.07, 6.45) is 0. The first-order valence-corrected chi connectivity index (χ1v) is 16.9. The molecule has 1 aromatic heterocycles. The van der Waals surface area contributed by atoms with E-state index < -0.39 is 5.41 Å². The van der Waals surface area contributed by atoms with Crippen LogP contribution < -0.4 is 4.74 Å². The predicted molar refractivity (Wildman–Crippen MR) is 199 cm³/mol. The Morgan fingerprint density at radius 1 is 0.340 bits per heavy atom. The van der Waals surface area contributed by atoms with E-state index >= 15 is 0 Å². The lowest BCUT2D eigenvalue weighted by Gasteiger charge is -2.39. The molecule has 0 N–H and O–H groups in total. The number of nitrogens with zero attached hydrogens (tertiary/aromatic N) is 3. The lowest BCUT2D eigenvalue weighted by atomic mass is 9.66. The van der Waals surface area contributed by atoms with Gasteiger partial charge in [-0.25, -0.2) is 15.0 Å². The van der Waals surface area contributed by atoms with Gasteiger partial charge in [0.1, 0.15) is 11.5 Å².